The van der Waals surface area contributed by atoms with Gasteiger partial charge in [-0.1, -0.05) is 12.1 Å². The summed E-state index contributed by atoms with van der Waals surface area (Å²) in [5, 5.41) is 9.91. The average molecular weight is 435 g/mol. The first-order valence-corrected chi connectivity index (χ1v) is 9.71. The van der Waals surface area contributed by atoms with Crippen LogP contribution in [0.4, 0.5) is 18.0 Å². The monoisotopic (exact) mass is 435 g/mol. The van der Waals surface area contributed by atoms with Crippen molar-refractivity contribution >= 4 is 12.0 Å². The van der Waals surface area contributed by atoms with Crippen LogP contribution >= 0.6 is 0 Å². The molecule has 0 radical (unpaired) electrons. The Morgan fingerprint density at radius 1 is 1.23 bits per heavy atom. The highest BCUT2D eigenvalue weighted by Crippen LogP contribution is 2.47. The summed E-state index contributed by atoms with van der Waals surface area (Å²) in [4.78, 5) is 31.9. The Morgan fingerprint density at radius 2 is 1.97 bits per heavy atom. The highest BCUT2D eigenvalue weighted by molar-refractivity contribution is 5.92. The largest absolute Gasteiger partial charge is 0.573 e. The molecule has 0 bridgehead atoms. The summed E-state index contributed by atoms with van der Waals surface area (Å²) in [5.74, 6) is -0.569. The molecule has 1 spiro atoms. The second-order valence-corrected chi connectivity index (χ2v) is 7.76. The standard InChI is InChI=1S/C21H20F3N3O4/c1-26-10-8-20(18(26)28)7-5-17(27(20)19(29)30)16-12-14(6-9-25-16)13-3-2-4-15(11-13)31-21(22,23)24/h2-4,6,9,11-12,17H,5,7-8,10H2,1H3,(H,29,30)/t17-,20-/m0/s1. The number of halogens is 3. The fourth-order valence-electron chi connectivity index (χ4n) is 4.57. The van der Waals surface area contributed by atoms with Crippen molar-refractivity contribution in [1.82, 2.24) is 14.8 Å². The summed E-state index contributed by atoms with van der Waals surface area (Å²) in [5.41, 5.74) is 0.389. The number of carbonyl (C=O) groups is 2. The van der Waals surface area contributed by atoms with E-state index in [-0.39, 0.29) is 11.7 Å². The summed E-state index contributed by atoms with van der Waals surface area (Å²) < 4.78 is 41.6. The van der Waals surface area contributed by atoms with Gasteiger partial charge in [0.2, 0.25) is 5.91 Å². The first kappa shape index (κ1) is 21.0. The molecule has 2 aliphatic heterocycles. The van der Waals surface area contributed by atoms with Gasteiger partial charge in [0.25, 0.3) is 0 Å². The van der Waals surface area contributed by atoms with E-state index in [9.17, 15) is 27.9 Å². The number of likely N-dealkylation sites (tertiary alicyclic amines) is 2. The third kappa shape index (κ3) is 3.77. The van der Waals surface area contributed by atoms with Crippen molar-refractivity contribution in [1.29, 1.82) is 0 Å². The second-order valence-electron chi connectivity index (χ2n) is 7.76. The van der Waals surface area contributed by atoms with Gasteiger partial charge in [-0.05, 0) is 54.7 Å². The van der Waals surface area contributed by atoms with E-state index in [4.69, 9.17) is 0 Å². The van der Waals surface area contributed by atoms with Crippen LogP contribution in [0, 0.1) is 0 Å². The normalized spacial score (nSPS) is 23.6. The minimum atomic E-state index is -4.80. The fourth-order valence-corrected chi connectivity index (χ4v) is 4.57. The summed E-state index contributed by atoms with van der Waals surface area (Å²) >= 11 is 0. The van der Waals surface area contributed by atoms with Gasteiger partial charge in [-0.3, -0.25) is 14.7 Å². The third-order valence-electron chi connectivity index (χ3n) is 5.94. The molecule has 2 aliphatic rings. The molecule has 4 rings (SSSR count). The number of aromatic nitrogens is 1. The van der Waals surface area contributed by atoms with Gasteiger partial charge in [0.15, 0.2) is 0 Å². The molecule has 2 fully saturated rings. The predicted octanol–water partition coefficient (Wildman–Crippen LogP) is 4.06. The lowest BCUT2D eigenvalue weighted by Crippen LogP contribution is -2.52. The highest BCUT2D eigenvalue weighted by Gasteiger charge is 2.58. The van der Waals surface area contributed by atoms with Crippen molar-refractivity contribution < 1.29 is 32.6 Å². The van der Waals surface area contributed by atoms with Gasteiger partial charge < -0.3 is 14.7 Å². The SMILES string of the molecule is CN1CC[C@@]2(CC[C@@H](c3cc(-c4cccc(OC(F)(F)F)c4)ccn3)N2C(=O)O)C1=O. The molecule has 7 nitrogen and oxygen atoms in total. The molecule has 2 amide bonds. The van der Waals surface area contributed by atoms with Crippen molar-refractivity contribution in [3.05, 3.63) is 48.3 Å². The van der Waals surface area contributed by atoms with Crippen LogP contribution in [0.15, 0.2) is 42.6 Å². The Morgan fingerprint density at radius 3 is 2.61 bits per heavy atom. The molecule has 0 unspecified atom stereocenters. The van der Waals surface area contributed by atoms with Gasteiger partial charge >= 0.3 is 12.5 Å². The molecular formula is C21H20F3N3O4. The van der Waals surface area contributed by atoms with Gasteiger partial charge in [-0.25, -0.2) is 4.79 Å². The van der Waals surface area contributed by atoms with Crippen LogP contribution in [0.3, 0.4) is 0 Å². The van der Waals surface area contributed by atoms with E-state index < -0.39 is 24.0 Å². The number of likely N-dealkylation sites (N-methyl/N-ethyl adjacent to an activating group) is 1. The van der Waals surface area contributed by atoms with Crippen LogP contribution in [-0.4, -0.2) is 57.4 Å². The first-order valence-electron chi connectivity index (χ1n) is 9.71. The number of hydrogen-bond acceptors (Lipinski definition) is 4. The highest BCUT2D eigenvalue weighted by atomic mass is 19.4. The van der Waals surface area contributed by atoms with Crippen LogP contribution in [0.25, 0.3) is 11.1 Å². The summed E-state index contributed by atoms with van der Waals surface area (Å²) in [6, 6.07) is 8.18. The number of hydrogen-bond donors (Lipinski definition) is 1. The molecule has 164 valence electrons. The summed E-state index contributed by atoms with van der Waals surface area (Å²) in [6.45, 7) is 0.481. The first-order chi connectivity index (χ1) is 14.6. The maximum Gasteiger partial charge on any atom is 0.573 e. The van der Waals surface area contributed by atoms with Crippen molar-refractivity contribution in [3.63, 3.8) is 0 Å². The number of rotatable bonds is 3. The van der Waals surface area contributed by atoms with Gasteiger partial charge in [0, 0.05) is 19.8 Å². The number of pyridine rings is 1. The number of ether oxygens (including phenoxy) is 1. The number of carbonyl (C=O) groups excluding carboxylic acids is 1. The quantitative estimate of drug-likeness (QED) is 0.786. The molecule has 2 atom stereocenters. The van der Waals surface area contributed by atoms with Crippen molar-refractivity contribution in [2.75, 3.05) is 13.6 Å². The maximum absolute atomic E-state index is 12.8. The van der Waals surface area contributed by atoms with Crippen molar-refractivity contribution in [3.8, 4) is 16.9 Å². The lowest BCUT2D eigenvalue weighted by atomic mass is 9.94. The zero-order valence-electron chi connectivity index (χ0n) is 16.6. The number of carboxylic acid groups (broad SMARTS) is 1. The van der Waals surface area contributed by atoms with E-state index in [0.717, 1.165) is 0 Å². The van der Waals surface area contributed by atoms with Gasteiger partial charge in [0.1, 0.15) is 11.3 Å². The number of benzene rings is 1. The predicted molar refractivity (Wildman–Crippen MR) is 103 cm³/mol. The zero-order valence-corrected chi connectivity index (χ0v) is 16.6. The molecule has 0 aliphatic carbocycles. The number of alkyl halides is 3. The molecule has 1 aromatic carbocycles. The number of amides is 2. The van der Waals surface area contributed by atoms with E-state index >= 15 is 0 Å². The molecule has 0 saturated carbocycles. The lowest BCUT2D eigenvalue weighted by Gasteiger charge is -2.34. The zero-order chi connectivity index (χ0) is 22.4. The molecule has 10 heteroatoms. The van der Waals surface area contributed by atoms with Crippen molar-refractivity contribution in [2.24, 2.45) is 0 Å². The average Bonchev–Trinajstić information content (AvgIpc) is 3.23. The van der Waals surface area contributed by atoms with Gasteiger partial charge in [-0.15, -0.1) is 13.2 Å². The Bertz CT molecular complexity index is 1030. The van der Waals surface area contributed by atoms with Crippen LogP contribution in [0.1, 0.15) is 31.0 Å². The van der Waals surface area contributed by atoms with Crippen LogP contribution in [-0.2, 0) is 4.79 Å². The Balaban J connectivity index is 1.67. The van der Waals surface area contributed by atoms with Gasteiger partial charge in [-0.2, -0.15) is 0 Å². The van der Waals surface area contributed by atoms with Gasteiger partial charge in [0.05, 0.1) is 11.7 Å². The van der Waals surface area contributed by atoms with E-state index in [2.05, 4.69) is 9.72 Å². The van der Waals surface area contributed by atoms with Crippen LogP contribution in [0.5, 0.6) is 5.75 Å². The minimum absolute atomic E-state index is 0.217. The molecular weight excluding hydrogens is 415 g/mol. The second kappa shape index (κ2) is 7.44. The van der Waals surface area contributed by atoms with E-state index in [1.54, 1.807) is 25.2 Å². The lowest BCUT2D eigenvalue weighted by molar-refractivity contribution is -0.274. The topological polar surface area (TPSA) is 83.0 Å². The number of nitrogens with zero attached hydrogens (tertiary/aromatic N) is 3. The molecule has 1 aromatic heterocycles. The smallest absolute Gasteiger partial charge is 0.465 e. The molecule has 3 heterocycles. The summed E-state index contributed by atoms with van der Waals surface area (Å²) in [6.07, 6.45) is -3.27. The van der Waals surface area contributed by atoms with E-state index in [1.807, 2.05) is 0 Å². The van der Waals surface area contributed by atoms with Crippen LogP contribution in [0.2, 0.25) is 0 Å². The van der Waals surface area contributed by atoms with E-state index in [0.29, 0.717) is 42.6 Å². The fraction of sp³-hybridized carbons (Fsp3) is 0.381. The molecule has 2 aromatic rings. The van der Waals surface area contributed by atoms with Crippen LogP contribution < -0.4 is 4.74 Å². The maximum atomic E-state index is 12.8. The third-order valence-corrected chi connectivity index (χ3v) is 5.94. The minimum Gasteiger partial charge on any atom is -0.465 e. The Hall–Kier alpha value is -3.30. The molecule has 1 N–H and O–H groups in total. The molecule has 2 saturated heterocycles. The Kier molecular flexibility index (Phi) is 5.03. The summed E-state index contributed by atoms with van der Waals surface area (Å²) in [7, 11) is 1.65. The van der Waals surface area contributed by atoms with Crippen molar-refractivity contribution in [2.45, 2.75) is 37.2 Å². The Labute approximate surface area is 176 Å². The van der Waals surface area contributed by atoms with E-state index in [1.165, 1.54) is 34.2 Å². The molecule has 31 heavy (non-hydrogen) atoms.